The molecule has 3 aromatic rings. The number of amides is 1. The SMILES string of the molecule is COc1cc(Nc2cc(N[C@H]3CCCC[C@H]3N)n3ccnc3c2C(N)=O)cc(OC)c1. The van der Waals surface area contributed by atoms with Crippen LogP contribution < -0.4 is 31.6 Å². The lowest BCUT2D eigenvalue weighted by Crippen LogP contribution is -2.43. The van der Waals surface area contributed by atoms with Crippen molar-refractivity contribution in [2.45, 2.75) is 37.8 Å². The van der Waals surface area contributed by atoms with Gasteiger partial charge in [-0.2, -0.15) is 0 Å². The van der Waals surface area contributed by atoms with Crippen molar-refractivity contribution in [1.29, 1.82) is 0 Å². The lowest BCUT2D eigenvalue weighted by molar-refractivity contribution is 0.100. The number of benzene rings is 1. The normalized spacial score (nSPS) is 18.5. The first-order valence-corrected chi connectivity index (χ1v) is 10.3. The predicted molar refractivity (Wildman–Crippen MR) is 120 cm³/mol. The van der Waals surface area contributed by atoms with Crippen molar-refractivity contribution in [3.05, 3.63) is 42.2 Å². The molecule has 6 N–H and O–H groups in total. The number of nitrogens with two attached hydrogens (primary N) is 2. The number of methoxy groups -OCH3 is 2. The number of carbonyl (C=O) groups excluding carboxylic acids is 1. The fourth-order valence-electron chi connectivity index (χ4n) is 4.10. The van der Waals surface area contributed by atoms with Gasteiger partial charge < -0.3 is 31.6 Å². The number of nitrogens with zero attached hydrogens (tertiary/aromatic N) is 2. The Kier molecular flexibility index (Phi) is 5.85. The standard InChI is InChI=1S/C22H28N6O3/c1-30-14-9-13(10-15(11-14)31-2)26-18-12-19(27-17-6-4-3-5-16(17)23)28-8-7-25-22(28)20(18)21(24)29/h7-12,16-17,26-27H,3-6,23H2,1-2H3,(H2,24,29)/t16-,17+/m1/s1. The fraction of sp³-hybridized carbons (Fsp3) is 0.364. The van der Waals surface area contributed by atoms with E-state index in [-0.39, 0.29) is 12.1 Å². The summed E-state index contributed by atoms with van der Waals surface area (Å²) in [4.78, 5) is 16.7. The molecule has 2 heterocycles. The summed E-state index contributed by atoms with van der Waals surface area (Å²) >= 11 is 0. The second-order valence-corrected chi connectivity index (χ2v) is 7.73. The quantitative estimate of drug-likeness (QED) is 0.459. The monoisotopic (exact) mass is 424 g/mol. The van der Waals surface area contributed by atoms with E-state index in [0.29, 0.717) is 34.1 Å². The van der Waals surface area contributed by atoms with Crippen LogP contribution in [0.15, 0.2) is 36.7 Å². The van der Waals surface area contributed by atoms with Crippen molar-refractivity contribution in [3.63, 3.8) is 0 Å². The number of anilines is 3. The smallest absolute Gasteiger partial charge is 0.254 e. The van der Waals surface area contributed by atoms with Crippen LogP contribution in [-0.2, 0) is 0 Å². The molecule has 0 saturated heterocycles. The van der Waals surface area contributed by atoms with Crippen LogP contribution in [0.1, 0.15) is 36.0 Å². The zero-order valence-electron chi connectivity index (χ0n) is 17.7. The average molecular weight is 425 g/mol. The molecule has 31 heavy (non-hydrogen) atoms. The number of imidazole rings is 1. The molecule has 0 radical (unpaired) electrons. The highest BCUT2D eigenvalue weighted by Crippen LogP contribution is 2.33. The van der Waals surface area contributed by atoms with Gasteiger partial charge in [-0.15, -0.1) is 0 Å². The minimum absolute atomic E-state index is 0.0715. The predicted octanol–water partition coefficient (Wildman–Crippen LogP) is 2.88. The first kappa shape index (κ1) is 20.8. The summed E-state index contributed by atoms with van der Waals surface area (Å²) in [6.45, 7) is 0. The van der Waals surface area contributed by atoms with E-state index in [2.05, 4.69) is 15.6 Å². The number of ether oxygens (including phenoxy) is 2. The Balaban J connectivity index is 1.78. The largest absolute Gasteiger partial charge is 0.497 e. The van der Waals surface area contributed by atoms with Crippen LogP contribution in [0.25, 0.3) is 5.65 Å². The van der Waals surface area contributed by atoms with Gasteiger partial charge in [0.1, 0.15) is 22.9 Å². The number of rotatable bonds is 7. The molecule has 0 aliphatic heterocycles. The third-order valence-electron chi connectivity index (χ3n) is 5.70. The molecule has 0 spiro atoms. The molecule has 1 saturated carbocycles. The number of aromatic nitrogens is 2. The van der Waals surface area contributed by atoms with E-state index in [1.807, 2.05) is 22.6 Å². The minimum Gasteiger partial charge on any atom is -0.497 e. The molecule has 9 heteroatoms. The van der Waals surface area contributed by atoms with Crippen molar-refractivity contribution in [3.8, 4) is 11.5 Å². The first-order chi connectivity index (χ1) is 15.0. The number of pyridine rings is 1. The van der Waals surface area contributed by atoms with Gasteiger partial charge in [-0.05, 0) is 12.8 Å². The Morgan fingerprint density at radius 1 is 1.13 bits per heavy atom. The van der Waals surface area contributed by atoms with Crippen molar-refractivity contribution in [2.75, 3.05) is 24.9 Å². The van der Waals surface area contributed by atoms with Crippen molar-refractivity contribution >= 4 is 28.7 Å². The number of hydrogen-bond donors (Lipinski definition) is 4. The average Bonchev–Trinajstić information content (AvgIpc) is 3.24. The number of carbonyl (C=O) groups is 1. The van der Waals surface area contributed by atoms with Crippen molar-refractivity contribution < 1.29 is 14.3 Å². The highest BCUT2D eigenvalue weighted by atomic mass is 16.5. The first-order valence-electron chi connectivity index (χ1n) is 10.3. The number of primary amides is 1. The Morgan fingerprint density at radius 3 is 2.48 bits per heavy atom. The van der Waals surface area contributed by atoms with Crippen LogP contribution in [0.4, 0.5) is 17.2 Å². The molecule has 1 aliphatic carbocycles. The minimum atomic E-state index is -0.575. The zero-order valence-corrected chi connectivity index (χ0v) is 17.7. The molecular formula is C22H28N6O3. The van der Waals surface area contributed by atoms with Crippen LogP contribution in [0.5, 0.6) is 11.5 Å². The maximum Gasteiger partial charge on any atom is 0.254 e. The molecular weight excluding hydrogens is 396 g/mol. The Bertz CT molecular complexity index is 1070. The number of fused-ring (bicyclic) bond motifs is 1. The molecule has 4 rings (SSSR count). The molecule has 2 aromatic heterocycles. The van der Waals surface area contributed by atoms with Crippen LogP contribution in [-0.4, -0.2) is 41.6 Å². The van der Waals surface area contributed by atoms with E-state index in [1.165, 1.54) is 0 Å². The van der Waals surface area contributed by atoms with Crippen molar-refractivity contribution in [2.24, 2.45) is 11.5 Å². The van der Waals surface area contributed by atoms with E-state index in [1.54, 1.807) is 32.7 Å². The van der Waals surface area contributed by atoms with Crippen LogP contribution in [0.2, 0.25) is 0 Å². The third-order valence-corrected chi connectivity index (χ3v) is 5.70. The van der Waals surface area contributed by atoms with Crippen LogP contribution in [0, 0.1) is 0 Å². The topological polar surface area (TPSA) is 129 Å². The van der Waals surface area contributed by atoms with E-state index < -0.39 is 5.91 Å². The van der Waals surface area contributed by atoms with Gasteiger partial charge in [0.15, 0.2) is 5.65 Å². The van der Waals surface area contributed by atoms with E-state index in [9.17, 15) is 4.79 Å². The van der Waals surface area contributed by atoms with Gasteiger partial charge in [-0.25, -0.2) is 4.98 Å². The second kappa shape index (κ2) is 8.73. The van der Waals surface area contributed by atoms with Gasteiger partial charge in [-0.1, -0.05) is 12.8 Å². The van der Waals surface area contributed by atoms with E-state index in [0.717, 1.165) is 31.5 Å². The Labute approximate surface area is 180 Å². The Morgan fingerprint density at radius 2 is 1.84 bits per heavy atom. The van der Waals surface area contributed by atoms with E-state index >= 15 is 0 Å². The second-order valence-electron chi connectivity index (χ2n) is 7.73. The molecule has 1 aromatic carbocycles. The van der Waals surface area contributed by atoms with Crippen LogP contribution >= 0.6 is 0 Å². The summed E-state index contributed by atoms with van der Waals surface area (Å²) < 4.78 is 12.5. The summed E-state index contributed by atoms with van der Waals surface area (Å²) in [6.07, 6.45) is 7.70. The summed E-state index contributed by atoms with van der Waals surface area (Å²) in [5.74, 6) is 1.46. The lowest BCUT2D eigenvalue weighted by Gasteiger charge is -2.30. The lowest BCUT2D eigenvalue weighted by atomic mass is 9.91. The maximum absolute atomic E-state index is 12.4. The van der Waals surface area contributed by atoms with Gasteiger partial charge in [-0.3, -0.25) is 9.20 Å². The van der Waals surface area contributed by atoms with Gasteiger partial charge in [0.05, 0.1) is 19.9 Å². The molecule has 1 aliphatic rings. The van der Waals surface area contributed by atoms with Gasteiger partial charge in [0.2, 0.25) is 0 Å². The van der Waals surface area contributed by atoms with Gasteiger partial charge >= 0.3 is 0 Å². The highest BCUT2D eigenvalue weighted by Gasteiger charge is 2.24. The summed E-state index contributed by atoms with van der Waals surface area (Å²) in [5, 5.41) is 6.84. The molecule has 0 unspecified atom stereocenters. The molecule has 1 amide bonds. The maximum atomic E-state index is 12.4. The molecule has 0 bridgehead atoms. The summed E-state index contributed by atoms with van der Waals surface area (Å²) in [7, 11) is 3.17. The fourth-order valence-corrected chi connectivity index (χ4v) is 4.10. The van der Waals surface area contributed by atoms with Crippen molar-refractivity contribution in [1.82, 2.24) is 9.38 Å². The molecule has 164 valence electrons. The summed E-state index contributed by atoms with van der Waals surface area (Å²) in [6, 6.07) is 7.48. The summed E-state index contributed by atoms with van der Waals surface area (Å²) in [5.41, 5.74) is 14.1. The number of nitrogens with one attached hydrogen (secondary N) is 2. The number of hydrogen-bond acceptors (Lipinski definition) is 7. The molecule has 9 nitrogen and oxygen atoms in total. The van der Waals surface area contributed by atoms with Gasteiger partial charge in [0, 0.05) is 54.4 Å². The van der Waals surface area contributed by atoms with Crippen LogP contribution in [0.3, 0.4) is 0 Å². The van der Waals surface area contributed by atoms with Gasteiger partial charge in [0.25, 0.3) is 5.91 Å². The highest BCUT2D eigenvalue weighted by molar-refractivity contribution is 6.05. The molecule has 1 fully saturated rings. The van der Waals surface area contributed by atoms with E-state index in [4.69, 9.17) is 20.9 Å². The third kappa shape index (κ3) is 4.22. The zero-order chi connectivity index (χ0) is 22.0. The molecule has 2 atom stereocenters. The Hall–Kier alpha value is -3.46.